The number of amides is 1. The summed E-state index contributed by atoms with van der Waals surface area (Å²) in [5, 5.41) is 3.02. The van der Waals surface area contributed by atoms with Crippen molar-refractivity contribution in [3.8, 4) is 28.1 Å². The molecule has 0 atom stereocenters. The summed E-state index contributed by atoms with van der Waals surface area (Å²) in [7, 11) is 0. The van der Waals surface area contributed by atoms with Crippen LogP contribution in [0.1, 0.15) is 17.5 Å². The Morgan fingerprint density at radius 3 is 2.39 bits per heavy atom. The third-order valence-corrected chi connectivity index (χ3v) is 5.75. The molecule has 1 aliphatic heterocycles. The molecular formula is C29H24N2O2. The second kappa shape index (κ2) is 9.13. The molecule has 1 aliphatic rings. The molecule has 1 amide bonds. The summed E-state index contributed by atoms with van der Waals surface area (Å²) in [4.78, 5) is 17.4. The van der Waals surface area contributed by atoms with Crippen LogP contribution in [0, 0.1) is 6.92 Å². The van der Waals surface area contributed by atoms with Gasteiger partial charge in [-0.15, -0.1) is 0 Å². The van der Waals surface area contributed by atoms with Gasteiger partial charge in [-0.2, -0.15) is 0 Å². The predicted octanol–water partition coefficient (Wildman–Crippen LogP) is 6.53. The third-order valence-electron chi connectivity index (χ3n) is 5.75. The molecule has 4 heteroatoms. The summed E-state index contributed by atoms with van der Waals surface area (Å²) in [6.45, 7) is 2.54. The van der Waals surface area contributed by atoms with Gasteiger partial charge in [-0.05, 0) is 60.5 Å². The number of rotatable bonds is 4. The molecule has 3 aromatic carbocycles. The fourth-order valence-electron chi connectivity index (χ4n) is 3.90. The van der Waals surface area contributed by atoms with Gasteiger partial charge in [0.05, 0.1) is 12.3 Å². The molecule has 5 rings (SSSR count). The molecule has 4 aromatic rings. The number of nitrogens with zero attached hydrogens (tertiary/aromatic N) is 1. The van der Waals surface area contributed by atoms with Crippen molar-refractivity contribution in [1.82, 2.24) is 4.98 Å². The number of aromatic nitrogens is 1. The number of hydrogen-bond donors (Lipinski definition) is 1. The number of carbonyl (C=O) groups is 1. The average molecular weight is 433 g/mol. The Morgan fingerprint density at radius 2 is 1.64 bits per heavy atom. The van der Waals surface area contributed by atoms with Gasteiger partial charge >= 0.3 is 0 Å². The highest BCUT2D eigenvalue weighted by Gasteiger charge is 2.16. The lowest BCUT2D eigenvalue weighted by Crippen LogP contribution is -2.15. The van der Waals surface area contributed by atoms with E-state index in [-0.39, 0.29) is 5.91 Å². The molecule has 4 nitrogen and oxygen atoms in total. The Labute approximate surface area is 193 Å². The lowest BCUT2D eigenvalue weighted by atomic mass is 10.00. The van der Waals surface area contributed by atoms with Crippen LogP contribution in [-0.4, -0.2) is 17.5 Å². The summed E-state index contributed by atoms with van der Waals surface area (Å²) in [5.41, 5.74) is 7.74. The van der Waals surface area contributed by atoms with E-state index in [1.807, 2.05) is 54.6 Å². The number of pyridine rings is 1. The van der Waals surface area contributed by atoms with Crippen LogP contribution < -0.4 is 10.1 Å². The van der Waals surface area contributed by atoms with Crippen molar-refractivity contribution in [2.75, 3.05) is 11.9 Å². The fraction of sp³-hybridized carbons (Fsp3) is 0.103. The van der Waals surface area contributed by atoms with Crippen molar-refractivity contribution in [2.24, 2.45) is 0 Å². The minimum absolute atomic E-state index is 0.113. The standard InChI is InChI=1S/C29H24N2O2/c1-20-5-7-21(8-6-20)23-11-14-28-25(18-23)19-24(15-17-33-28)29(32)31-26-12-9-22(10-13-26)27-4-2-3-16-30-27/h2-14,16,18-19H,15,17H2,1H3,(H,31,32). The van der Waals surface area contributed by atoms with Crippen molar-refractivity contribution < 1.29 is 9.53 Å². The van der Waals surface area contributed by atoms with Crippen LogP contribution in [0.5, 0.6) is 5.75 Å². The number of carbonyl (C=O) groups excluding carboxylic acids is 1. The van der Waals surface area contributed by atoms with E-state index in [0.717, 1.165) is 39.4 Å². The summed E-state index contributed by atoms with van der Waals surface area (Å²) >= 11 is 0. The molecule has 1 N–H and O–H groups in total. The van der Waals surface area contributed by atoms with Crippen LogP contribution in [0.4, 0.5) is 5.69 Å². The number of nitrogens with one attached hydrogen (secondary N) is 1. The monoisotopic (exact) mass is 432 g/mol. The van der Waals surface area contributed by atoms with E-state index in [4.69, 9.17) is 4.74 Å². The maximum absolute atomic E-state index is 13.0. The van der Waals surface area contributed by atoms with Crippen molar-refractivity contribution in [3.05, 3.63) is 108 Å². The first kappa shape index (κ1) is 20.7. The first-order valence-corrected chi connectivity index (χ1v) is 11.0. The highest BCUT2D eigenvalue weighted by molar-refractivity contribution is 6.07. The fourth-order valence-corrected chi connectivity index (χ4v) is 3.90. The number of hydrogen-bond acceptors (Lipinski definition) is 3. The van der Waals surface area contributed by atoms with E-state index in [2.05, 4.69) is 53.6 Å². The van der Waals surface area contributed by atoms with E-state index in [0.29, 0.717) is 18.6 Å². The van der Waals surface area contributed by atoms with Crippen molar-refractivity contribution in [3.63, 3.8) is 0 Å². The molecule has 0 fully saturated rings. The summed E-state index contributed by atoms with van der Waals surface area (Å²) in [6, 6.07) is 28.1. The van der Waals surface area contributed by atoms with Crippen LogP contribution in [0.25, 0.3) is 28.5 Å². The number of ether oxygens (including phenoxy) is 1. The van der Waals surface area contributed by atoms with Crippen LogP contribution in [0.15, 0.2) is 96.7 Å². The topological polar surface area (TPSA) is 51.2 Å². The second-order valence-corrected chi connectivity index (χ2v) is 8.13. The molecule has 0 bridgehead atoms. The van der Waals surface area contributed by atoms with Gasteiger partial charge in [0, 0.05) is 35.0 Å². The van der Waals surface area contributed by atoms with Gasteiger partial charge in [-0.1, -0.05) is 54.1 Å². The zero-order chi connectivity index (χ0) is 22.6. The van der Waals surface area contributed by atoms with E-state index >= 15 is 0 Å². The third kappa shape index (κ3) is 4.70. The van der Waals surface area contributed by atoms with Gasteiger partial charge in [0.15, 0.2) is 0 Å². The van der Waals surface area contributed by atoms with Gasteiger partial charge in [0.1, 0.15) is 5.75 Å². The van der Waals surface area contributed by atoms with Crippen LogP contribution in [-0.2, 0) is 4.79 Å². The Hall–Kier alpha value is -4.18. The summed E-state index contributed by atoms with van der Waals surface area (Å²) in [6.07, 6.45) is 4.26. The molecule has 33 heavy (non-hydrogen) atoms. The van der Waals surface area contributed by atoms with Gasteiger partial charge < -0.3 is 10.1 Å². The normalized spacial score (nSPS) is 12.7. The minimum Gasteiger partial charge on any atom is -0.493 e. The van der Waals surface area contributed by atoms with E-state index in [1.54, 1.807) is 6.20 Å². The highest BCUT2D eigenvalue weighted by Crippen LogP contribution is 2.31. The molecule has 0 aliphatic carbocycles. The number of fused-ring (bicyclic) bond motifs is 1. The molecule has 0 saturated carbocycles. The first-order chi connectivity index (χ1) is 16.2. The Balaban J connectivity index is 1.36. The summed E-state index contributed by atoms with van der Waals surface area (Å²) in [5.74, 6) is 0.686. The van der Waals surface area contributed by atoms with Gasteiger partial charge in [-0.3, -0.25) is 9.78 Å². The molecule has 0 radical (unpaired) electrons. The quantitative estimate of drug-likeness (QED) is 0.399. The lowest BCUT2D eigenvalue weighted by molar-refractivity contribution is -0.113. The zero-order valence-corrected chi connectivity index (χ0v) is 18.4. The molecule has 162 valence electrons. The van der Waals surface area contributed by atoms with Crippen LogP contribution >= 0.6 is 0 Å². The molecule has 0 saturated heterocycles. The first-order valence-electron chi connectivity index (χ1n) is 11.0. The smallest absolute Gasteiger partial charge is 0.251 e. The van der Waals surface area contributed by atoms with Gasteiger partial charge in [0.25, 0.3) is 5.91 Å². The van der Waals surface area contributed by atoms with Crippen molar-refractivity contribution in [1.29, 1.82) is 0 Å². The highest BCUT2D eigenvalue weighted by atomic mass is 16.5. The van der Waals surface area contributed by atoms with Crippen LogP contribution in [0.2, 0.25) is 0 Å². The summed E-state index contributed by atoms with van der Waals surface area (Å²) < 4.78 is 5.91. The van der Waals surface area contributed by atoms with E-state index < -0.39 is 0 Å². The molecule has 0 spiro atoms. The maximum atomic E-state index is 13.0. The number of benzene rings is 3. The largest absolute Gasteiger partial charge is 0.493 e. The molecule has 2 heterocycles. The van der Waals surface area contributed by atoms with E-state index in [1.165, 1.54) is 5.56 Å². The van der Waals surface area contributed by atoms with Gasteiger partial charge in [-0.25, -0.2) is 0 Å². The van der Waals surface area contributed by atoms with Crippen LogP contribution in [0.3, 0.4) is 0 Å². The van der Waals surface area contributed by atoms with Gasteiger partial charge in [0.2, 0.25) is 0 Å². The lowest BCUT2D eigenvalue weighted by Gasteiger charge is -2.09. The Morgan fingerprint density at radius 1 is 0.879 bits per heavy atom. The minimum atomic E-state index is -0.113. The molecule has 1 aromatic heterocycles. The maximum Gasteiger partial charge on any atom is 0.251 e. The number of aryl methyl sites for hydroxylation is 1. The Bertz CT molecular complexity index is 1310. The molecular weight excluding hydrogens is 408 g/mol. The average Bonchev–Trinajstić information content (AvgIpc) is 3.08. The van der Waals surface area contributed by atoms with E-state index in [9.17, 15) is 4.79 Å². The Kier molecular flexibility index (Phi) is 5.73. The predicted molar refractivity (Wildman–Crippen MR) is 133 cm³/mol. The SMILES string of the molecule is Cc1ccc(-c2ccc3c(c2)C=C(C(=O)Nc2ccc(-c4ccccn4)cc2)CCO3)cc1. The number of anilines is 1. The van der Waals surface area contributed by atoms with Crippen molar-refractivity contribution >= 4 is 17.7 Å². The zero-order valence-electron chi connectivity index (χ0n) is 18.4. The van der Waals surface area contributed by atoms with Crippen molar-refractivity contribution in [2.45, 2.75) is 13.3 Å². The second-order valence-electron chi connectivity index (χ2n) is 8.13. The molecule has 0 unspecified atom stereocenters.